The fourth-order valence-corrected chi connectivity index (χ4v) is 2.04. The molecule has 0 bridgehead atoms. The van der Waals surface area contributed by atoms with E-state index >= 15 is 0 Å². The lowest BCUT2D eigenvalue weighted by molar-refractivity contribution is -0.121. The van der Waals surface area contributed by atoms with Crippen molar-refractivity contribution in [2.45, 2.75) is 39.2 Å². The Morgan fingerprint density at radius 1 is 1.42 bits per heavy atom. The van der Waals surface area contributed by atoms with Crippen LogP contribution in [0.1, 0.15) is 30.1 Å². The van der Waals surface area contributed by atoms with Gasteiger partial charge in [0.1, 0.15) is 12.4 Å². The van der Waals surface area contributed by atoms with Crippen molar-refractivity contribution in [1.82, 2.24) is 15.5 Å². The van der Waals surface area contributed by atoms with Gasteiger partial charge in [0.15, 0.2) is 5.82 Å². The van der Waals surface area contributed by atoms with Gasteiger partial charge >= 0.3 is 0 Å². The molecule has 2 rings (SSSR count). The van der Waals surface area contributed by atoms with Crippen LogP contribution in [0.2, 0.25) is 0 Å². The Kier molecular flexibility index (Phi) is 6.65. The van der Waals surface area contributed by atoms with Gasteiger partial charge in [0.05, 0.1) is 0 Å². The third kappa shape index (κ3) is 6.31. The molecule has 0 atom stereocenters. The predicted molar refractivity (Wildman–Crippen MR) is 81.8 cm³/mol. The van der Waals surface area contributed by atoms with Crippen LogP contribution in [0.5, 0.6) is 5.75 Å². The molecule has 1 amide bonds. The van der Waals surface area contributed by atoms with Crippen LogP contribution < -0.4 is 10.1 Å². The van der Waals surface area contributed by atoms with E-state index in [0.717, 1.165) is 5.56 Å². The topological polar surface area (TPSA) is 77.2 Å². The number of ether oxygens (including phenoxy) is 1. The number of hydrogen-bond donors (Lipinski definition) is 1. The minimum absolute atomic E-state index is 0.106. The zero-order chi connectivity index (χ0) is 17.4. The van der Waals surface area contributed by atoms with Crippen molar-refractivity contribution < 1.29 is 22.8 Å². The smallest absolute Gasteiger partial charge is 0.272 e. The maximum Gasteiger partial charge on any atom is 0.272 e. The van der Waals surface area contributed by atoms with Crippen LogP contribution in [0.4, 0.5) is 8.78 Å². The van der Waals surface area contributed by atoms with E-state index in [-0.39, 0.29) is 5.91 Å². The zero-order valence-corrected chi connectivity index (χ0v) is 13.3. The number of aryl methyl sites for hydroxylation is 2. The largest absolute Gasteiger partial charge is 0.488 e. The van der Waals surface area contributed by atoms with Crippen molar-refractivity contribution >= 4 is 5.91 Å². The van der Waals surface area contributed by atoms with Gasteiger partial charge in [0.25, 0.3) is 6.43 Å². The summed E-state index contributed by atoms with van der Waals surface area (Å²) in [6.45, 7) is 1.40. The number of hydrogen-bond acceptors (Lipinski definition) is 5. The maximum absolute atomic E-state index is 12.1. The third-order valence-corrected chi connectivity index (χ3v) is 3.13. The van der Waals surface area contributed by atoms with Gasteiger partial charge < -0.3 is 14.6 Å². The number of nitrogens with one attached hydrogen (secondary N) is 1. The standard InChI is InChI=1S/C16H19F2N3O3/c1-11-20-16(24-21-11)7-3-6-15(22)19-9-12-4-2-5-13(8-12)23-10-14(17)18/h2,4-5,8,14H,3,6-7,9-10H2,1H3,(H,19,22). The van der Waals surface area contributed by atoms with Gasteiger partial charge in [-0.1, -0.05) is 17.3 Å². The predicted octanol–water partition coefficient (Wildman–Crippen LogP) is 2.66. The summed E-state index contributed by atoms with van der Waals surface area (Å²) in [5, 5.41) is 6.45. The van der Waals surface area contributed by atoms with Gasteiger partial charge in [-0.25, -0.2) is 8.78 Å². The number of carbonyl (C=O) groups is 1. The lowest BCUT2D eigenvalue weighted by atomic mass is 10.2. The molecule has 0 aliphatic rings. The molecule has 1 aromatic carbocycles. The molecule has 24 heavy (non-hydrogen) atoms. The molecule has 0 aliphatic heterocycles. The van der Waals surface area contributed by atoms with E-state index in [2.05, 4.69) is 15.5 Å². The summed E-state index contributed by atoms with van der Waals surface area (Å²) in [5.74, 6) is 1.34. The van der Waals surface area contributed by atoms with Gasteiger partial charge in [-0.05, 0) is 31.0 Å². The van der Waals surface area contributed by atoms with E-state index < -0.39 is 13.0 Å². The molecule has 0 saturated carbocycles. The number of rotatable bonds is 9. The van der Waals surface area contributed by atoms with Crippen LogP contribution >= 0.6 is 0 Å². The number of nitrogens with zero attached hydrogens (tertiary/aromatic N) is 2. The Bertz CT molecular complexity index is 662. The highest BCUT2D eigenvalue weighted by Gasteiger charge is 2.07. The first-order valence-electron chi connectivity index (χ1n) is 7.58. The number of carbonyl (C=O) groups excluding carboxylic acids is 1. The van der Waals surface area contributed by atoms with Gasteiger partial charge in [-0.2, -0.15) is 4.98 Å². The van der Waals surface area contributed by atoms with Crippen molar-refractivity contribution in [3.63, 3.8) is 0 Å². The lowest BCUT2D eigenvalue weighted by Gasteiger charge is -2.08. The monoisotopic (exact) mass is 339 g/mol. The van der Waals surface area contributed by atoms with Gasteiger partial charge in [-0.3, -0.25) is 4.79 Å². The molecule has 0 fully saturated rings. The van der Waals surface area contributed by atoms with Crippen molar-refractivity contribution in [3.8, 4) is 5.75 Å². The quantitative estimate of drug-likeness (QED) is 0.760. The Hall–Kier alpha value is -2.51. The molecule has 130 valence electrons. The zero-order valence-electron chi connectivity index (χ0n) is 13.3. The van der Waals surface area contributed by atoms with E-state index in [4.69, 9.17) is 9.26 Å². The van der Waals surface area contributed by atoms with Gasteiger partial charge in [0, 0.05) is 19.4 Å². The first kappa shape index (κ1) is 17.8. The van der Waals surface area contributed by atoms with Gasteiger partial charge in [0.2, 0.25) is 11.8 Å². The number of amides is 1. The minimum atomic E-state index is -2.52. The summed E-state index contributed by atoms with van der Waals surface area (Å²) in [6.07, 6.45) is -1.03. The summed E-state index contributed by atoms with van der Waals surface area (Å²) < 4.78 is 34.2. The van der Waals surface area contributed by atoms with E-state index in [9.17, 15) is 13.6 Å². The van der Waals surface area contributed by atoms with Crippen molar-refractivity contribution in [2.24, 2.45) is 0 Å². The Labute approximate surface area is 138 Å². The average molecular weight is 339 g/mol. The molecule has 0 spiro atoms. The first-order valence-corrected chi connectivity index (χ1v) is 7.58. The van der Waals surface area contributed by atoms with Crippen LogP contribution in [-0.4, -0.2) is 29.1 Å². The molecule has 1 N–H and O–H groups in total. The molecule has 2 aromatic rings. The minimum Gasteiger partial charge on any atom is -0.488 e. The van der Waals surface area contributed by atoms with Crippen molar-refractivity contribution in [2.75, 3.05) is 6.61 Å². The summed E-state index contributed by atoms with van der Waals surface area (Å²) in [7, 11) is 0. The van der Waals surface area contributed by atoms with E-state index in [1.54, 1.807) is 31.2 Å². The second-order valence-electron chi connectivity index (χ2n) is 5.22. The molecular formula is C16H19F2N3O3. The number of benzene rings is 1. The summed E-state index contributed by atoms with van der Waals surface area (Å²) >= 11 is 0. The molecule has 0 saturated heterocycles. The molecular weight excluding hydrogens is 320 g/mol. The van der Waals surface area contributed by atoms with Crippen LogP contribution in [0.15, 0.2) is 28.8 Å². The molecule has 6 nitrogen and oxygen atoms in total. The Morgan fingerprint density at radius 2 is 2.25 bits per heavy atom. The molecule has 1 aromatic heterocycles. The van der Waals surface area contributed by atoms with E-state index in [0.29, 0.717) is 43.3 Å². The molecule has 1 heterocycles. The lowest BCUT2D eigenvalue weighted by Crippen LogP contribution is -2.22. The summed E-state index contributed by atoms with van der Waals surface area (Å²) in [5.41, 5.74) is 0.780. The number of aromatic nitrogens is 2. The highest BCUT2D eigenvalue weighted by molar-refractivity contribution is 5.75. The highest BCUT2D eigenvalue weighted by Crippen LogP contribution is 2.14. The Balaban J connectivity index is 1.70. The highest BCUT2D eigenvalue weighted by atomic mass is 19.3. The van der Waals surface area contributed by atoms with E-state index in [1.165, 1.54) is 0 Å². The van der Waals surface area contributed by atoms with Crippen LogP contribution in [0.3, 0.4) is 0 Å². The average Bonchev–Trinajstić information content (AvgIpc) is 2.97. The molecule has 0 unspecified atom stereocenters. The third-order valence-electron chi connectivity index (χ3n) is 3.13. The number of alkyl halides is 2. The molecule has 0 radical (unpaired) electrons. The van der Waals surface area contributed by atoms with Crippen LogP contribution in [-0.2, 0) is 17.8 Å². The maximum atomic E-state index is 12.1. The number of halogens is 2. The van der Waals surface area contributed by atoms with Crippen molar-refractivity contribution in [1.29, 1.82) is 0 Å². The SMILES string of the molecule is Cc1noc(CCCC(=O)NCc2cccc(OCC(F)F)c2)n1. The molecule has 8 heteroatoms. The van der Waals surface area contributed by atoms with E-state index in [1.807, 2.05) is 0 Å². The first-order chi connectivity index (χ1) is 11.5. The summed E-state index contributed by atoms with van der Waals surface area (Å²) in [4.78, 5) is 15.9. The van der Waals surface area contributed by atoms with Crippen LogP contribution in [0.25, 0.3) is 0 Å². The molecule has 0 aliphatic carbocycles. The van der Waals surface area contributed by atoms with Gasteiger partial charge in [-0.15, -0.1) is 0 Å². The Morgan fingerprint density at radius 3 is 2.96 bits per heavy atom. The van der Waals surface area contributed by atoms with Crippen LogP contribution in [0, 0.1) is 6.92 Å². The second-order valence-corrected chi connectivity index (χ2v) is 5.22. The summed E-state index contributed by atoms with van der Waals surface area (Å²) in [6, 6.07) is 6.71. The van der Waals surface area contributed by atoms with Crippen molar-refractivity contribution in [3.05, 3.63) is 41.5 Å². The normalized spacial score (nSPS) is 10.8. The second kappa shape index (κ2) is 8.95. The fourth-order valence-electron chi connectivity index (χ4n) is 2.04. The fraction of sp³-hybridized carbons (Fsp3) is 0.438.